The van der Waals surface area contributed by atoms with Crippen LogP contribution >= 0.6 is 0 Å². The zero-order valence-corrected chi connectivity index (χ0v) is 22.5. The van der Waals surface area contributed by atoms with Gasteiger partial charge in [0.15, 0.2) is 5.78 Å². The van der Waals surface area contributed by atoms with Gasteiger partial charge in [-0.25, -0.2) is 0 Å². The minimum absolute atomic E-state index is 0.0213. The largest absolute Gasteiger partial charge is 0.481 e. The highest BCUT2D eigenvalue weighted by atomic mass is 16.4. The number of carbonyl (C=O) groups excluding carboxylic acids is 1. The Bertz CT molecular complexity index is 857. The first kappa shape index (κ1) is 25.0. The van der Waals surface area contributed by atoms with Crippen LogP contribution < -0.4 is 0 Å². The van der Waals surface area contributed by atoms with Crippen LogP contribution in [0.15, 0.2) is 11.6 Å². The average molecular weight is 457 g/mol. The molecule has 3 saturated carbocycles. The molecule has 186 valence electrons. The van der Waals surface area contributed by atoms with E-state index >= 15 is 0 Å². The zero-order chi connectivity index (χ0) is 24.6. The quantitative estimate of drug-likeness (QED) is 0.475. The van der Waals surface area contributed by atoms with Crippen LogP contribution in [0.1, 0.15) is 107 Å². The molecule has 9 atom stereocenters. The summed E-state index contributed by atoms with van der Waals surface area (Å²) in [6.07, 6.45) is 10.0. The highest BCUT2D eigenvalue weighted by Gasteiger charge is 2.68. The fourth-order valence-corrected chi connectivity index (χ4v) is 9.91. The molecule has 3 heteroatoms. The van der Waals surface area contributed by atoms with E-state index in [2.05, 4.69) is 61.5 Å². The van der Waals surface area contributed by atoms with Crippen LogP contribution in [-0.4, -0.2) is 16.9 Å². The van der Waals surface area contributed by atoms with E-state index in [0.717, 1.165) is 19.3 Å². The van der Waals surface area contributed by atoms with Crippen molar-refractivity contribution in [3.63, 3.8) is 0 Å². The molecule has 0 aliphatic heterocycles. The monoisotopic (exact) mass is 456 g/mol. The number of hydrogen-bond donors (Lipinski definition) is 1. The van der Waals surface area contributed by atoms with Gasteiger partial charge in [-0.15, -0.1) is 0 Å². The number of allylic oxidation sites excluding steroid dienone is 2. The minimum atomic E-state index is -0.741. The number of carboxylic acids is 1. The van der Waals surface area contributed by atoms with Gasteiger partial charge in [0.2, 0.25) is 0 Å². The van der Waals surface area contributed by atoms with Crippen molar-refractivity contribution < 1.29 is 14.7 Å². The molecule has 3 fully saturated rings. The summed E-state index contributed by atoms with van der Waals surface area (Å²) in [5.74, 6) is 2.12. The minimum Gasteiger partial charge on any atom is -0.481 e. The molecule has 0 saturated heterocycles. The second kappa shape index (κ2) is 7.95. The fraction of sp³-hybridized carbons (Fsp3) is 0.867. The van der Waals surface area contributed by atoms with E-state index in [-0.39, 0.29) is 28.6 Å². The highest BCUT2D eigenvalue weighted by Crippen LogP contribution is 2.73. The predicted molar refractivity (Wildman–Crippen MR) is 134 cm³/mol. The first-order chi connectivity index (χ1) is 15.2. The molecule has 0 aromatic rings. The van der Waals surface area contributed by atoms with Gasteiger partial charge >= 0.3 is 5.97 Å². The number of carbonyl (C=O) groups is 2. The molecule has 4 aliphatic rings. The Morgan fingerprint density at radius 2 is 1.73 bits per heavy atom. The fourth-order valence-electron chi connectivity index (χ4n) is 9.91. The van der Waals surface area contributed by atoms with Crippen molar-refractivity contribution in [1.82, 2.24) is 0 Å². The van der Waals surface area contributed by atoms with Crippen molar-refractivity contribution in [1.29, 1.82) is 0 Å². The summed E-state index contributed by atoms with van der Waals surface area (Å²) in [6, 6.07) is 0. The predicted octanol–water partition coefficient (Wildman–Crippen LogP) is 7.54. The molecule has 0 aromatic heterocycles. The Balaban J connectivity index is 1.86. The molecule has 0 radical (unpaired) electrons. The van der Waals surface area contributed by atoms with Gasteiger partial charge in [-0.1, -0.05) is 61.0 Å². The zero-order valence-electron chi connectivity index (χ0n) is 22.5. The van der Waals surface area contributed by atoms with Crippen LogP contribution in [0.3, 0.4) is 0 Å². The van der Waals surface area contributed by atoms with Crippen LogP contribution in [0.25, 0.3) is 0 Å². The first-order valence-corrected chi connectivity index (χ1v) is 13.7. The first-order valence-electron chi connectivity index (χ1n) is 13.7. The van der Waals surface area contributed by atoms with Crippen LogP contribution in [-0.2, 0) is 9.59 Å². The molecule has 3 nitrogen and oxygen atoms in total. The molecule has 4 rings (SSSR count). The molecule has 0 aromatic carbocycles. The Labute approximate surface area is 202 Å². The number of aliphatic carboxylic acids is 1. The second-order valence-corrected chi connectivity index (χ2v) is 14.0. The lowest BCUT2D eigenvalue weighted by molar-refractivity contribution is -0.172. The van der Waals surface area contributed by atoms with Crippen LogP contribution in [0.2, 0.25) is 0 Å². The SMILES string of the molecule is CC(C)C1CCC2(C)C(C(=O)C=C3C4C(C)C(C)CCC4(C)CCC32C)C1(C)CCC(=O)O. The lowest BCUT2D eigenvalue weighted by atomic mass is 9.35. The highest BCUT2D eigenvalue weighted by molar-refractivity contribution is 5.95. The summed E-state index contributed by atoms with van der Waals surface area (Å²) in [7, 11) is 0. The van der Waals surface area contributed by atoms with E-state index in [0.29, 0.717) is 47.2 Å². The van der Waals surface area contributed by atoms with Crippen molar-refractivity contribution in [3.8, 4) is 0 Å². The van der Waals surface area contributed by atoms with Crippen molar-refractivity contribution in [2.75, 3.05) is 0 Å². The summed E-state index contributed by atoms with van der Waals surface area (Å²) in [4.78, 5) is 25.8. The molecule has 9 unspecified atom stereocenters. The molecule has 0 bridgehead atoms. The Hall–Kier alpha value is -1.12. The van der Waals surface area contributed by atoms with Crippen LogP contribution in [0, 0.1) is 57.2 Å². The van der Waals surface area contributed by atoms with Crippen LogP contribution in [0.5, 0.6) is 0 Å². The normalized spacial score (nSPS) is 49.7. The van der Waals surface area contributed by atoms with Gasteiger partial charge in [0.1, 0.15) is 0 Å². The number of hydrogen-bond acceptors (Lipinski definition) is 2. The standard InChI is InChI=1S/C30H48O3/c1-18(2)21-10-14-30(8)26(28(21,6)13-11-24(32)33)23(31)17-22-25-20(4)19(3)9-12-27(25,5)15-16-29(22,30)7/h17-21,25-26H,9-16H2,1-8H3,(H,32,33). The third-order valence-electron chi connectivity index (χ3n) is 12.2. The Morgan fingerprint density at radius 3 is 2.33 bits per heavy atom. The van der Waals surface area contributed by atoms with Crippen molar-refractivity contribution in [2.24, 2.45) is 57.2 Å². The lowest BCUT2D eigenvalue weighted by Gasteiger charge is -2.69. The number of ketones is 1. The van der Waals surface area contributed by atoms with Crippen molar-refractivity contribution in [2.45, 2.75) is 107 Å². The van der Waals surface area contributed by atoms with Gasteiger partial charge in [0.05, 0.1) is 0 Å². The molecule has 0 heterocycles. The van der Waals surface area contributed by atoms with Gasteiger partial charge in [-0.2, -0.15) is 0 Å². The third kappa shape index (κ3) is 3.41. The number of rotatable bonds is 4. The summed E-state index contributed by atoms with van der Waals surface area (Å²) in [5, 5.41) is 9.56. The molecule has 1 N–H and O–H groups in total. The Kier molecular flexibility index (Phi) is 6.02. The maximum atomic E-state index is 14.2. The van der Waals surface area contributed by atoms with Gasteiger partial charge in [0.25, 0.3) is 0 Å². The van der Waals surface area contributed by atoms with Crippen LogP contribution in [0.4, 0.5) is 0 Å². The van der Waals surface area contributed by atoms with Gasteiger partial charge in [0, 0.05) is 12.3 Å². The lowest BCUT2D eigenvalue weighted by Crippen LogP contribution is -2.64. The van der Waals surface area contributed by atoms with Gasteiger partial charge in [-0.3, -0.25) is 9.59 Å². The molecule has 4 aliphatic carbocycles. The second-order valence-electron chi connectivity index (χ2n) is 14.0. The smallest absolute Gasteiger partial charge is 0.303 e. The van der Waals surface area contributed by atoms with Gasteiger partial charge < -0.3 is 5.11 Å². The molecule has 33 heavy (non-hydrogen) atoms. The van der Waals surface area contributed by atoms with E-state index in [4.69, 9.17) is 0 Å². The molecular formula is C30H48O3. The molecule has 0 spiro atoms. The van der Waals surface area contributed by atoms with E-state index in [1.54, 1.807) is 0 Å². The number of carboxylic acid groups (broad SMARTS) is 1. The van der Waals surface area contributed by atoms with E-state index < -0.39 is 5.97 Å². The summed E-state index contributed by atoms with van der Waals surface area (Å²) >= 11 is 0. The molecule has 0 amide bonds. The van der Waals surface area contributed by atoms with Crippen molar-refractivity contribution in [3.05, 3.63) is 11.6 Å². The summed E-state index contributed by atoms with van der Waals surface area (Å²) < 4.78 is 0. The Morgan fingerprint density at radius 1 is 1.06 bits per heavy atom. The van der Waals surface area contributed by atoms with Crippen molar-refractivity contribution >= 4 is 11.8 Å². The summed E-state index contributed by atoms with van der Waals surface area (Å²) in [5.41, 5.74) is 1.42. The van der Waals surface area contributed by atoms with Gasteiger partial charge in [-0.05, 0) is 102 Å². The number of fused-ring (bicyclic) bond motifs is 5. The summed E-state index contributed by atoms with van der Waals surface area (Å²) in [6.45, 7) is 19.0. The van der Waals surface area contributed by atoms with E-state index in [9.17, 15) is 14.7 Å². The maximum Gasteiger partial charge on any atom is 0.303 e. The molecular weight excluding hydrogens is 408 g/mol. The van der Waals surface area contributed by atoms with E-state index in [1.807, 2.05) is 0 Å². The third-order valence-corrected chi connectivity index (χ3v) is 12.2. The maximum absolute atomic E-state index is 14.2. The average Bonchev–Trinajstić information content (AvgIpc) is 2.71. The topological polar surface area (TPSA) is 54.4 Å². The van der Waals surface area contributed by atoms with E-state index in [1.165, 1.54) is 24.8 Å².